The fourth-order valence-corrected chi connectivity index (χ4v) is 2.48. The predicted molar refractivity (Wildman–Crippen MR) is 70.1 cm³/mol. The summed E-state index contributed by atoms with van der Waals surface area (Å²) in [5.41, 5.74) is 1.13. The number of amides is 1. The molecule has 1 amide bonds. The van der Waals surface area contributed by atoms with E-state index in [-0.39, 0.29) is 17.9 Å². The minimum Gasteiger partial charge on any atom is -0.334 e. The van der Waals surface area contributed by atoms with Crippen molar-refractivity contribution in [3.05, 3.63) is 18.0 Å². The fourth-order valence-electron chi connectivity index (χ4n) is 2.48. The topological polar surface area (TPSA) is 41.4 Å². The summed E-state index contributed by atoms with van der Waals surface area (Å²) in [6, 6.07) is 2.25. The van der Waals surface area contributed by atoms with E-state index >= 15 is 0 Å². The molecule has 1 aromatic heterocycles. The van der Waals surface area contributed by atoms with Crippen LogP contribution in [-0.2, 0) is 11.3 Å². The largest absolute Gasteiger partial charge is 0.334 e. The van der Waals surface area contributed by atoms with Crippen LogP contribution in [0.1, 0.15) is 25.6 Å². The molecule has 0 saturated heterocycles. The second kappa shape index (κ2) is 5.10. The van der Waals surface area contributed by atoms with Crippen molar-refractivity contribution >= 4 is 5.91 Å². The van der Waals surface area contributed by atoms with Crippen LogP contribution in [0.4, 0.5) is 0 Å². The lowest BCUT2D eigenvalue weighted by atomic mass is 10.1. The molecule has 5 nitrogen and oxygen atoms in total. The molecule has 0 spiro atoms. The normalized spacial score (nSPS) is 19.4. The maximum Gasteiger partial charge on any atom is 0.225 e. The molecule has 0 saturated carbocycles. The van der Waals surface area contributed by atoms with Crippen molar-refractivity contribution in [2.24, 2.45) is 5.92 Å². The van der Waals surface area contributed by atoms with Crippen LogP contribution in [0.2, 0.25) is 0 Å². The number of carbonyl (C=O) groups is 1. The lowest BCUT2D eigenvalue weighted by Gasteiger charge is -2.36. The van der Waals surface area contributed by atoms with Crippen LogP contribution in [0, 0.1) is 5.92 Å². The molecule has 0 fully saturated rings. The maximum atomic E-state index is 12.1. The third-order valence-electron chi connectivity index (χ3n) is 3.26. The van der Waals surface area contributed by atoms with Gasteiger partial charge in [0, 0.05) is 25.2 Å². The molecule has 2 heterocycles. The molecule has 0 bridgehead atoms. The van der Waals surface area contributed by atoms with E-state index in [0.717, 1.165) is 18.8 Å². The lowest BCUT2D eigenvalue weighted by Crippen LogP contribution is -2.45. The van der Waals surface area contributed by atoms with Gasteiger partial charge in [0.05, 0.1) is 18.3 Å². The van der Waals surface area contributed by atoms with Crippen LogP contribution in [0.5, 0.6) is 0 Å². The Hall–Kier alpha value is -1.36. The van der Waals surface area contributed by atoms with Gasteiger partial charge in [-0.3, -0.25) is 9.48 Å². The number of aromatic nitrogens is 2. The fraction of sp³-hybridized carbons (Fsp3) is 0.692. The molecule has 0 aromatic carbocycles. The summed E-state index contributed by atoms with van der Waals surface area (Å²) in [6.07, 6.45) is 1.82. The van der Waals surface area contributed by atoms with Gasteiger partial charge in [0.2, 0.25) is 5.91 Å². The highest BCUT2D eigenvalue weighted by atomic mass is 16.2. The van der Waals surface area contributed by atoms with Crippen molar-refractivity contribution in [1.82, 2.24) is 19.6 Å². The van der Waals surface area contributed by atoms with Crippen LogP contribution in [0.3, 0.4) is 0 Å². The molecule has 1 atom stereocenters. The SMILES string of the molecule is CC(C)C(=O)N1Cc2ccnn2[C@H](CN(C)C)C1. The van der Waals surface area contributed by atoms with E-state index in [9.17, 15) is 4.79 Å². The molecule has 0 radical (unpaired) electrons. The van der Waals surface area contributed by atoms with E-state index in [4.69, 9.17) is 0 Å². The number of carbonyl (C=O) groups excluding carboxylic acids is 1. The first kappa shape index (κ1) is 13.1. The third kappa shape index (κ3) is 2.56. The van der Waals surface area contributed by atoms with E-state index in [0.29, 0.717) is 6.54 Å². The summed E-state index contributed by atoms with van der Waals surface area (Å²) in [7, 11) is 4.10. The summed E-state index contributed by atoms with van der Waals surface area (Å²) in [5, 5.41) is 4.38. The Morgan fingerprint density at radius 1 is 1.56 bits per heavy atom. The Labute approximate surface area is 108 Å². The first-order chi connectivity index (χ1) is 8.49. The van der Waals surface area contributed by atoms with E-state index in [1.807, 2.05) is 45.1 Å². The zero-order chi connectivity index (χ0) is 13.3. The minimum atomic E-state index is 0.0551. The van der Waals surface area contributed by atoms with Gasteiger partial charge < -0.3 is 9.80 Å². The molecule has 100 valence electrons. The Morgan fingerprint density at radius 3 is 2.89 bits per heavy atom. The first-order valence-corrected chi connectivity index (χ1v) is 6.45. The van der Waals surface area contributed by atoms with Gasteiger partial charge in [0.15, 0.2) is 0 Å². The third-order valence-corrected chi connectivity index (χ3v) is 3.26. The number of nitrogens with zero attached hydrogens (tertiary/aromatic N) is 4. The second-order valence-electron chi connectivity index (χ2n) is 5.56. The van der Waals surface area contributed by atoms with E-state index < -0.39 is 0 Å². The van der Waals surface area contributed by atoms with Gasteiger partial charge in [0.25, 0.3) is 0 Å². The van der Waals surface area contributed by atoms with Crippen molar-refractivity contribution in [2.75, 3.05) is 27.2 Å². The van der Waals surface area contributed by atoms with Crippen LogP contribution in [-0.4, -0.2) is 52.7 Å². The average molecular weight is 250 g/mol. The minimum absolute atomic E-state index is 0.0551. The molecular weight excluding hydrogens is 228 g/mol. The predicted octanol–water partition coefficient (Wildman–Crippen LogP) is 0.984. The molecule has 0 N–H and O–H groups in total. The molecule has 0 unspecified atom stereocenters. The van der Waals surface area contributed by atoms with Gasteiger partial charge >= 0.3 is 0 Å². The molecule has 5 heteroatoms. The summed E-state index contributed by atoms with van der Waals surface area (Å²) in [4.78, 5) is 16.2. The quantitative estimate of drug-likeness (QED) is 0.803. The molecule has 1 aliphatic rings. The van der Waals surface area contributed by atoms with Crippen molar-refractivity contribution in [1.29, 1.82) is 0 Å². The molecule has 1 aliphatic heterocycles. The second-order valence-corrected chi connectivity index (χ2v) is 5.56. The van der Waals surface area contributed by atoms with Crippen LogP contribution in [0.25, 0.3) is 0 Å². The summed E-state index contributed by atoms with van der Waals surface area (Å²) in [6.45, 7) is 6.24. The summed E-state index contributed by atoms with van der Waals surface area (Å²) < 4.78 is 2.06. The number of rotatable bonds is 3. The van der Waals surface area contributed by atoms with Gasteiger partial charge in [-0.15, -0.1) is 0 Å². The summed E-state index contributed by atoms with van der Waals surface area (Å²) >= 11 is 0. The van der Waals surface area contributed by atoms with Crippen LogP contribution >= 0.6 is 0 Å². The Kier molecular flexibility index (Phi) is 3.71. The molecule has 1 aromatic rings. The Balaban J connectivity index is 2.20. The molecule has 18 heavy (non-hydrogen) atoms. The Morgan fingerprint density at radius 2 is 2.28 bits per heavy atom. The molecule has 2 rings (SSSR count). The van der Waals surface area contributed by atoms with Gasteiger partial charge in [0.1, 0.15) is 0 Å². The van der Waals surface area contributed by atoms with Gasteiger partial charge in [-0.1, -0.05) is 13.8 Å². The highest BCUT2D eigenvalue weighted by molar-refractivity contribution is 5.78. The number of likely N-dealkylation sites (N-methyl/N-ethyl adjacent to an activating group) is 1. The van der Waals surface area contributed by atoms with E-state index in [1.54, 1.807) is 0 Å². The number of fused-ring (bicyclic) bond motifs is 1. The highest BCUT2D eigenvalue weighted by Crippen LogP contribution is 2.22. The molecular formula is C13H22N4O. The average Bonchev–Trinajstić information content (AvgIpc) is 2.75. The first-order valence-electron chi connectivity index (χ1n) is 6.45. The van der Waals surface area contributed by atoms with Gasteiger partial charge in [-0.2, -0.15) is 5.10 Å². The van der Waals surface area contributed by atoms with E-state index in [2.05, 4.69) is 14.7 Å². The van der Waals surface area contributed by atoms with Crippen molar-refractivity contribution in [3.8, 4) is 0 Å². The van der Waals surface area contributed by atoms with Gasteiger partial charge in [-0.25, -0.2) is 0 Å². The molecule has 0 aliphatic carbocycles. The van der Waals surface area contributed by atoms with Crippen LogP contribution < -0.4 is 0 Å². The zero-order valence-electron chi connectivity index (χ0n) is 11.6. The lowest BCUT2D eigenvalue weighted by molar-refractivity contribution is -0.136. The number of hydrogen-bond donors (Lipinski definition) is 0. The maximum absolute atomic E-state index is 12.1. The monoisotopic (exact) mass is 250 g/mol. The number of hydrogen-bond acceptors (Lipinski definition) is 3. The van der Waals surface area contributed by atoms with Crippen molar-refractivity contribution < 1.29 is 4.79 Å². The smallest absolute Gasteiger partial charge is 0.225 e. The highest BCUT2D eigenvalue weighted by Gasteiger charge is 2.29. The Bertz CT molecular complexity index is 424. The van der Waals surface area contributed by atoms with Crippen LogP contribution in [0.15, 0.2) is 12.3 Å². The zero-order valence-corrected chi connectivity index (χ0v) is 11.6. The summed E-state index contributed by atoms with van der Waals surface area (Å²) in [5.74, 6) is 0.283. The van der Waals surface area contributed by atoms with Crippen molar-refractivity contribution in [3.63, 3.8) is 0 Å². The van der Waals surface area contributed by atoms with E-state index in [1.165, 1.54) is 0 Å². The van der Waals surface area contributed by atoms with Crippen molar-refractivity contribution in [2.45, 2.75) is 26.4 Å². The standard InChI is InChI=1S/C13H22N4O/c1-10(2)13(18)16-8-11-5-6-14-17(11)12(9-16)7-15(3)4/h5-6,10,12H,7-9H2,1-4H3/t12-/m1/s1. The van der Waals surface area contributed by atoms with Gasteiger partial charge in [-0.05, 0) is 20.2 Å².